The largest absolute Gasteiger partial charge is 0.380 e. The van der Waals surface area contributed by atoms with Gasteiger partial charge in [0.2, 0.25) is 5.89 Å². The Bertz CT molecular complexity index is 305. The summed E-state index contributed by atoms with van der Waals surface area (Å²) in [4.78, 5) is 4.31. The molecular weight excluding hydrogens is 194 g/mol. The van der Waals surface area contributed by atoms with Gasteiger partial charge < -0.3 is 15.0 Å². The highest BCUT2D eigenvalue weighted by Crippen LogP contribution is 2.31. The average Bonchev–Trinajstić information content (AvgIpc) is 2.94. The van der Waals surface area contributed by atoms with Crippen LogP contribution < -0.4 is 5.73 Å². The van der Waals surface area contributed by atoms with Crippen LogP contribution in [0.1, 0.15) is 24.6 Å². The maximum absolute atomic E-state index is 5.51. The molecule has 2 rings (SSSR count). The monoisotopic (exact) mass is 211 g/mol. The molecule has 5 heteroatoms. The summed E-state index contributed by atoms with van der Waals surface area (Å²) in [7, 11) is 1.64. The molecule has 1 aliphatic rings. The van der Waals surface area contributed by atoms with Crippen LogP contribution in [0.3, 0.4) is 0 Å². The van der Waals surface area contributed by atoms with E-state index in [2.05, 4.69) is 10.1 Å². The van der Waals surface area contributed by atoms with E-state index in [-0.39, 0.29) is 6.10 Å². The van der Waals surface area contributed by atoms with Crippen molar-refractivity contribution in [2.45, 2.75) is 31.8 Å². The Morgan fingerprint density at radius 1 is 1.60 bits per heavy atom. The third-order valence-electron chi connectivity index (χ3n) is 2.68. The van der Waals surface area contributed by atoms with E-state index in [1.54, 1.807) is 7.11 Å². The Labute approximate surface area is 89.0 Å². The molecule has 1 aromatic heterocycles. The summed E-state index contributed by atoms with van der Waals surface area (Å²) in [5.74, 6) is 2.23. The van der Waals surface area contributed by atoms with E-state index in [4.69, 9.17) is 15.0 Å². The first-order chi connectivity index (χ1) is 7.31. The number of hydrogen-bond donors (Lipinski definition) is 1. The van der Waals surface area contributed by atoms with Gasteiger partial charge in [0.1, 0.15) is 0 Å². The first-order valence-electron chi connectivity index (χ1n) is 5.36. The average molecular weight is 211 g/mol. The summed E-state index contributed by atoms with van der Waals surface area (Å²) in [6.07, 6.45) is 4.12. The Morgan fingerprint density at radius 2 is 2.40 bits per heavy atom. The minimum atomic E-state index is -0.0285. The first kappa shape index (κ1) is 10.6. The molecule has 1 heterocycles. The molecule has 0 spiro atoms. The summed E-state index contributed by atoms with van der Waals surface area (Å²) in [5, 5.41) is 3.94. The van der Waals surface area contributed by atoms with Gasteiger partial charge in [0.25, 0.3) is 0 Å². The van der Waals surface area contributed by atoms with Crippen molar-refractivity contribution in [1.82, 2.24) is 10.1 Å². The lowest BCUT2D eigenvalue weighted by molar-refractivity contribution is 0.102. The van der Waals surface area contributed by atoms with Gasteiger partial charge in [-0.1, -0.05) is 5.16 Å². The molecule has 0 amide bonds. The summed E-state index contributed by atoms with van der Waals surface area (Å²) in [6.45, 7) is 0.469. The van der Waals surface area contributed by atoms with Crippen LogP contribution in [0.15, 0.2) is 4.52 Å². The number of ether oxygens (including phenoxy) is 1. The maximum atomic E-state index is 5.51. The molecule has 1 unspecified atom stereocenters. The fraction of sp³-hybridized carbons (Fsp3) is 0.800. The molecule has 1 atom stereocenters. The maximum Gasteiger partial charge on any atom is 0.229 e. The molecule has 2 N–H and O–H groups in total. The zero-order valence-corrected chi connectivity index (χ0v) is 8.98. The molecule has 0 radical (unpaired) electrons. The zero-order chi connectivity index (χ0) is 10.7. The Kier molecular flexibility index (Phi) is 3.33. The SMILES string of the molecule is COC(CN)Cc1nc(CC2CC2)no1. The summed E-state index contributed by atoms with van der Waals surface area (Å²) < 4.78 is 10.3. The number of methoxy groups -OCH3 is 1. The number of rotatable bonds is 6. The number of nitrogens with zero attached hydrogens (tertiary/aromatic N) is 2. The van der Waals surface area contributed by atoms with Crippen LogP contribution >= 0.6 is 0 Å². The molecule has 0 aliphatic heterocycles. The second-order valence-electron chi connectivity index (χ2n) is 4.05. The molecular formula is C10H17N3O2. The molecule has 15 heavy (non-hydrogen) atoms. The molecule has 1 aliphatic carbocycles. The van der Waals surface area contributed by atoms with Gasteiger partial charge in [-0.05, 0) is 18.8 Å². The van der Waals surface area contributed by atoms with Gasteiger partial charge in [0.05, 0.1) is 12.5 Å². The van der Waals surface area contributed by atoms with E-state index in [1.807, 2.05) is 0 Å². The molecule has 1 fully saturated rings. The Hall–Kier alpha value is -0.940. The van der Waals surface area contributed by atoms with Gasteiger partial charge >= 0.3 is 0 Å². The lowest BCUT2D eigenvalue weighted by atomic mass is 10.2. The lowest BCUT2D eigenvalue weighted by Gasteiger charge is -2.08. The van der Waals surface area contributed by atoms with Crippen LogP contribution in [0.2, 0.25) is 0 Å². The Morgan fingerprint density at radius 3 is 3.00 bits per heavy atom. The van der Waals surface area contributed by atoms with Crippen LogP contribution in [-0.4, -0.2) is 29.9 Å². The van der Waals surface area contributed by atoms with Crippen LogP contribution in [0.5, 0.6) is 0 Å². The standard InChI is InChI=1S/C10H17N3O2/c1-14-8(6-11)5-10-12-9(13-15-10)4-7-2-3-7/h7-8H,2-6,11H2,1H3. The van der Waals surface area contributed by atoms with Crippen LogP contribution in [0.25, 0.3) is 0 Å². The molecule has 1 aromatic rings. The number of hydrogen-bond acceptors (Lipinski definition) is 5. The second kappa shape index (κ2) is 4.72. The van der Waals surface area contributed by atoms with Gasteiger partial charge in [-0.3, -0.25) is 0 Å². The first-order valence-corrected chi connectivity index (χ1v) is 5.36. The van der Waals surface area contributed by atoms with Crippen molar-refractivity contribution in [2.75, 3.05) is 13.7 Å². The van der Waals surface area contributed by atoms with E-state index >= 15 is 0 Å². The van der Waals surface area contributed by atoms with Crippen LogP contribution in [0, 0.1) is 5.92 Å². The minimum absolute atomic E-state index is 0.0285. The summed E-state index contributed by atoms with van der Waals surface area (Å²) >= 11 is 0. The van der Waals surface area contributed by atoms with Crippen molar-refractivity contribution in [3.05, 3.63) is 11.7 Å². The third kappa shape index (κ3) is 3.00. The van der Waals surface area contributed by atoms with Crippen molar-refractivity contribution >= 4 is 0 Å². The predicted molar refractivity (Wildman–Crippen MR) is 54.3 cm³/mol. The summed E-state index contributed by atoms with van der Waals surface area (Å²) in [6, 6.07) is 0. The van der Waals surface area contributed by atoms with Gasteiger partial charge in [-0.15, -0.1) is 0 Å². The lowest BCUT2D eigenvalue weighted by Crippen LogP contribution is -2.24. The molecule has 0 bridgehead atoms. The Balaban J connectivity index is 1.87. The normalized spacial score (nSPS) is 18.0. The molecule has 84 valence electrons. The van der Waals surface area contributed by atoms with Crippen molar-refractivity contribution in [3.8, 4) is 0 Å². The molecule has 1 saturated carbocycles. The van der Waals surface area contributed by atoms with Crippen molar-refractivity contribution in [3.63, 3.8) is 0 Å². The predicted octanol–water partition coefficient (Wildman–Crippen LogP) is 0.538. The van der Waals surface area contributed by atoms with Crippen molar-refractivity contribution < 1.29 is 9.26 Å². The summed E-state index contributed by atoms with van der Waals surface area (Å²) in [5.41, 5.74) is 5.51. The van der Waals surface area contributed by atoms with Gasteiger partial charge in [0.15, 0.2) is 5.82 Å². The van der Waals surface area contributed by atoms with E-state index < -0.39 is 0 Å². The van der Waals surface area contributed by atoms with Crippen molar-refractivity contribution in [2.24, 2.45) is 11.7 Å². The molecule has 0 saturated heterocycles. The highest BCUT2D eigenvalue weighted by molar-refractivity contribution is 4.93. The van der Waals surface area contributed by atoms with E-state index in [1.165, 1.54) is 12.8 Å². The van der Waals surface area contributed by atoms with Gasteiger partial charge in [0, 0.05) is 20.1 Å². The topological polar surface area (TPSA) is 74.2 Å². The van der Waals surface area contributed by atoms with E-state index in [0.29, 0.717) is 18.9 Å². The fourth-order valence-corrected chi connectivity index (χ4v) is 1.49. The van der Waals surface area contributed by atoms with Gasteiger partial charge in [-0.2, -0.15) is 4.98 Å². The third-order valence-corrected chi connectivity index (χ3v) is 2.68. The second-order valence-corrected chi connectivity index (χ2v) is 4.05. The van der Waals surface area contributed by atoms with Crippen LogP contribution in [0.4, 0.5) is 0 Å². The fourth-order valence-electron chi connectivity index (χ4n) is 1.49. The molecule has 0 aromatic carbocycles. The quantitative estimate of drug-likeness (QED) is 0.743. The zero-order valence-electron chi connectivity index (χ0n) is 8.98. The van der Waals surface area contributed by atoms with E-state index in [0.717, 1.165) is 18.2 Å². The van der Waals surface area contributed by atoms with Gasteiger partial charge in [-0.25, -0.2) is 0 Å². The minimum Gasteiger partial charge on any atom is -0.380 e. The number of aromatic nitrogens is 2. The van der Waals surface area contributed by atoms with Crippen molar-refractivity contribution in [1.29, 1.82) is 0 Å². The number of nitrogens with two attached hydrogens (primary N) is 1. The molecule has 5 nitrogen and oxygen atoms in total. The smallest absolute Gasteiger partial charge is 0.229 e. The highest BCUT2D eigenvalue weighted by atomic mass is 16.5. The van der Waals surface area contributed by atoms with E-state index in [9.17, 15) is 0 Å². The van der Waals surface area contributed by atoms with Crippen LogP contribution in [-0.2, 0) is 17.6 Å². The highest BCUT2D eigenvalue weighted by Gasteiger charge is 2.24.